The van der Waals surface area contributed by atoms with E-state index >= 15 is 0 Å². The summed E-state index contributed by atoms with van der Waals surface area (Å²) in [4.78, 5) is 37.7. The number of hydrogen-bond acceptors (Lipinski definition) is 4. The van der Waals surface area contributed by atoms with Crippen molar-refractivity contribution in [2.24, 2.45) is 5.92 Å². The summed E-state index contributed by atoms with van der Waals surface area (Å²) < 4.78 is 0. The molecule has 0 spiro atoms. The molecule has 3 N–H and O–H groups in total. The van der Waals surface area contributed by atoms with Gasteiger partial charge in [-0.1, -0.05) is 56.2 Å². The van der Waals surface area contributed by atoms with E-state index in [0.29, 0.717) is 5.92 Å². The number of carbonyl (C=O) groups is 3. The van der Waals surface area contributed by atoms with Gasteiger partial charge in [0, 0.05) is 10.9 Å². The maximum atomic E-state index is 12.4. The summed E-state index contributed by atoms with van der Waals surface area (Å²) in [6.07, 6.45) is 4.16. The Morgan fingerprint density at radius 2 is 1.79 bits per heavy atom. The highest BCUT2D eigenvalue weighted by Crippen LogP contribution is 2.26. The lowest BCUT2D eigenvalue weighted by molar-refractivity contribution is -0.140. The number of nitrogens with one attached hydrogen (secondary N) is 3. The summed E-state index contributed by atoms with van der Waals surface area (Å²) in [6, 6.07) is 13.3. The normalized spacial score (nSPS) is 19.8. The van der Waals surface area contributed by atoms with Crippen molar-refractivity contribution in [1.82, 2.24) is 16.0 Å². The molecule has 1 saturated carbocycles. The van der Waals surface area contributed by atoms with Gasteiger partial charge >= 0.3 is 11.8 Å². The van der Waals surface area contributed by atoms with Gasteiger partial charge in [0.1, 0.15) is 0 Å². The molecule has 0 bridgehead atoms. The molecule has 154 valence electrons. The van der Waals surface area contributed by atoms with Gasteiger partial charge in [-0.2, -0.15) is 0 Å². The molecule has 0 saturated heterocycles. The van der Waals surface area contributed by atoms with Crippen LogP contribution in [-0.4, -0.2) is 30.3 Å². The molecule has 1 aromatic heterocycles. The first-order valence-electron chi connectivity index (χ1n) is 10.0. The van der Waals surface area contributed by atoms with Crippen molar-refractivity contribution in [3.8, 4) is 0 Å². The van der Waals surface area contributed by atoms with Gasteiger partial charge in [-0.05, 0) is 35.8 Å². The average Bonchev–Trinajstić information content (AvgIpc) is 3.27. The lowest BCUT2D eigenvalue weighted by atomic mass is 9.86. The van der Waals surface area contributed by atoms with E-state index in [1.807, 2.05) is 47.8 Å². The predicted octanol–water partition coefficient (Wildman–Crippen LogP) is 2.76. The van der Waals surface area contributed by atoms with E-state index in [0.717, 1.165) is 36.1 Å². The zero-order chi connectivity index (χ0) is 20.6. The van der Waals surface area contributed by atoms with Crippen LogP contribution in [0.5, 0.6) is 0 Å². The molecule has 0 radical (unpaired) electrons. The molecule has 1 aromatic carbocycles. The molecule has 0 aliphatic heterocycles. The summed E-state index contributed by atoms with van der Waals surface area (Å²) in [5.41, 5.74) is 0.957. The van der Waals surface area contributed by atoms with Crippen LogP contribution in [0.3, 0.4) is 0 Å². The zero-order valence-corrected chi connectivity index (χ0v) is 17.3. The first kappa shape index (κ1) is 21.0. The van der Waals surface area contributed by atoms with E-state index in [1.54, 1.807) is 11.3 Å². The standard InChI is InChI=1S/C22H27N3O3S/c1-15-8-5-6-11-17(15)24-22(28)21(27)23-14-19(26)25-20(18-12-7-13-29-18)16-9-3-2-4-10-16/h2-4,7,9-10,12-13,15,17,20H,5-6,8,11,14H2,1H3,(H,23,27)(H,24,28)(H,25,26). The highest BCUT2D eigenvalue weighted by molar-refractivity contribution is 7.10. The predicted molar refractivity (Wildman–Crippen MR) is 113 cm³/mol. The monoisotopic (exact) mass is 413 g/mol. The highest BCUT2D eigenvalue weighted by atomic mass is 32.1. The molecular weight excluding hydrogens is 386 g/mol. The number of rotatable bonds is 6. The van der Waals surface area contributed by atoms with E-state index < -0.39 is 11.8 Å². The van der Waals surface area contributed by atoms with Crippen LogP contribution < -0.4 is 16.0 Å². The van der Waals surface area contributed by atoms with Crippen LogP contribution >= 0.6 is 11.3 Å². The Bertz CT molecular complexity index is 823. The van der Waals surface area contributed by atoms with Gasteiger partial charge in [0.15, 0.2) is 0 Å². The minimum Gasteiger partial charge on any atom is -0.345 e. The van der Waals surface area contributed by atoms with Crippen molar-refractivity contribution in [2.45, 2.75) is 44.7 Å². The first-order valence-corrected chi connectivity index (χ1v) is 10.9. The Balaban J connectivity index is 1.52. The third-order valence-corrected chi connectivity index (χ3v) is 6.25. The molecule has 1 aliphatic carbocycles. The molecule has 29 heavy (non-hydrogen) atoms. The summed E-state index contributed by atoms with van der Waals surface area (Å²) in [7, 11) is 0. The molecule has 3 atom stereocenters. The molecule has 6 nitrogen and oxygen atoms in total. The maximum absolute atomic E-state index is 12.4. The fraction of sp³-hybridized carbons (Fsp3) is 0.409. The van der Waals surface area contributed by atoms with Crippen molar-refractivity contribution >= 4 is 29.1 Å². The Morgan fingerprint density at radius 1 is 1.03 bits per heavy atom. The van der Waals surface area contributed by atoms with Gasteiger partial charge in [-0.15, -0.1) is 11.3 Å². The average molecular weight is 414 g/mol. The summed E-state index contributed by atoms with van der Waals surface area (Å²) in [5.74, 6) is -1.43. The third-order valence-electron chi connectivity index (χ3n) is 5.31. The van der Waals surface area contributed by atoms with Crippen molar-refractivity contribution in [3.63, 3.8) is 0 Å². The molecule has 1 fully saturated rings. The van der Waals surface area contributed by atoms with Crippen LogP contribution in [0, 0.1) is 5.92 Å². The Hall–Kier alpha value is -2.67. The molecule has 3 rings (SSSR count). The van der Waals surface area contributed by atoms with Crippen molar-refractivity contribution in [2.75, 3.05) is 6.54 Å². The summed E-state index contributed by atoms with van der Waals surface area (Å²) in [5, 5.41) is 10.1. The highest BCUT2D eigenvalue weighted by Gasteiger charge is 2.26. The van der Waals surface area contributed by atoms with Gasteiger partial charge in [0.25, 0.3) is 0 Å². The second kappa shape index (κ2) is 10.2. The molecule has 3 unspecified atom stereocenters. The SMILES string of the molecule is CC1CCCCC1NC(=O)C(=O)NCC(=O)NC(c1ccccc1)c1cccs1. The van der Waals surface area contributed by atoms with Crippen LogP contribution in [0.15, 0.2) is 47.8 Å². The number of amides is 3. The molecule has 1 aliphatic rings. The van der Waals surface area contributed by atoms with E-state index in [-0.39, 0.29) is 24.5 Å². The van der Waals surface area contributed by atoms with Gasteiger partial charge in [0.2, 0.25) is 5.91 Å². The van der Waals surface area contributed by atoms with Crippen molar-refractivity contribution < 1.29 is 14.4 Å². The largest absolute Gasteiger partial charge is 0.345 e. The van der Waals surface area contributed by atoms with Crippen LogP contribution in [0.25, 0.3) is 0 Å². The number of carbonyl (C=O) groups excluding carboxylic acids is 3. The molecule has 2 aromatic rings. The molecular formula is C22H27N3O3S. The van der Waals surface area contributed by atoms with Crippen LogP contribution in [0.4, 0.5) is 0 Å². The Labute approximate surface area is 175 Å². The van der Waals surface area contributed by atoms with E-state index in [4.69, 9.17) is 0 Å². The fourth-order valence-corrected chi connectivity index (χ4v) is 4.44. The minimum absolute atomic E-state index is 0.0251. The third kappa shape index (κ3) is 5.90. The van der Waals surface area contributed by atoms with Gasteiger partial charge in [-0.3, -0.25) is 14.4 Å². The van der Waals surface area contributed by atoms with E-state index in [1.165, 1.54) is 0 Å². The van der Waals surface area contributed by atoms with Crippen LogP contribution in [0.2, 0.25) is 0 Å². The Kier molecular flexibility index (Phi) is 7.41. The number of benzene rings is 1. The van der Waals surface area contributed by atoms with Crippen LogP contribution in [0.1, 0.15) is 49.1 Å². The second-order valence-corrected chi connectivity index (χ2v) is 8.43. The lowest BCUT2D eigenvalue weighted by Gasteiger charge is -2.29. The lowest BCUT2D eigenvalue weighted by Crippen LogP contribution is -2.49. The zero-order valence-electron chi connectivity index (χ0n) is 16.5. The summed E-state index contributed by atoms with van der Waals surface area (Å²) in [6.45, 7) is 1.84. The van der Waals surface area contributed by atoms with Gasteiger partial charge < -0.3 is 16.0 Å². The van der Waals surface area contributed by atoms with E-state index in [2.05, 4.69) is 22.9 Å². The Morgan fingerprint density at radius 3 is 2.48 bits per heavy atom. The van der Waals surface area contributed by atoms with Crippen molar-refractivity contribution in [1.29, 1.82) is 0 Å². The quantitative estimate of drug-likeness (QED) is 0.637. The molecule has 3 amide bonds. The topological polar surface area (TPSA) is 87.3 Å². The minimum atomic E-state index is -0.773. The van der Waals surface area contributed by atoms with Gasteiger partial charge in [-0.25, -0.2) is 0 Å². The van der Waals surface area contributed by atoms with Crippen LogP contribution in [-0.2, 0) is 14.4 Å². The molecule has 7 heteroatoms. The number of thiophene rings is 1. The first-order chi connectivity index (χ1) is 14.0. The summed E-state index contributed by atoms with van der Waals surface area (Å²) >= 11 is 1.55. The van der Waals surface area contributed by atoms with Gasteiger partial charge in [0.05, 0.1) is 12.6 Å². The molecule has 1 heterocycles. The number of hydrogen-bond donors (Lipinski definition) is 3. The second-order valence-electron chi connectivity index (χ2n) is 7.45. The smallest absolute Gasteiger partial charge is 0.309 e. The fourth-order valence-electron chi connectivity index (χ4n) is 3.64. The van der Waals surface area contributed by atoms with Crippen molar-refractivity contribution in [3.05, 3.63) is 58.3 Å². The van der Waals surface area contributed by atoms with E-state index in [9.17, 15) is 14.4 Å². The maximum Gasteiger partial charge on any atom is 0.309 e.